The van der Waals surface area contributed by atoms with Crippen LogP contribution in [0.1, 0.15) is 27.6 Å². The summed E-state index contributed by atoms with van der Waals surface area (Å²) in [5, 5.41) is 29.3. The maximum absolute atomic E-state index is 12.9. The van der Waals surface area contributed by atoms with Crippen molar-refractivity contribution in [3.63, 3.8) is 0 Å². The van der Waals surface area contributed by atoms with Gasteiger partial charge in [-0.25, -0.2) is 9.59 Å². The number of aromatic carboxylic acids is 1. The average Bonchev–Trinajstić information content (AvgIpc) is 2.83. The average molecular weight is 497 g/mol. The monoisotopic (exact) mass is 497 g/mol. The number of carboxylic acids is 1. The van der Waals surface area contributed by atoms with Crippen molar-refractivity contribution in [1.82, 2.24) is 9.97 Å². The fraction of sp³-hybridized carbons (Fsp3) is 0.136. The minimum absolute atomic E-state index is 0.0138. The summed E-state index contributed by atoms with van der Waals surface area (Å²) in [4.78, 5) is 64.1. The molecule has 0 unspecified atom stereocenters. The molecule has 36 heavy (non-hydrogen) atoms. The summed E-state index contributed by atoms with van der Waals surface area (Å²) >= 11 is 0. The molecule has 3 rings (SSSR count). The van der Waals surface area contributed by atoms with E-state index in [0.29, 0.717) is 0 Å². The van der Waals surface area contributed by atoms with Gasteiger partial charge in [0.05, 0.1) is 42.1 Å². The topological polar surface area (TPSA) is 213 Å². The Morgan fingerprint density at radius 1 is 0.972 bits per heavy atom. The van der Waals surface area contributed by atoms with Gasteiger partial charge in [0.1, 0.15) is 17.2 Å². The molecule has 1 heterocycles. The molecule has 0 aliphatic carbocycles. The van der Waals surface area contributed by atoms with E-state index >= 15 is 0 Å². The first-order valence-corrected chi connectivity index (χ1v) is 9.98. The number of anilines is 1. The van der Waals surface area contributed by atoms with E-state index < -0.39 is 40.4 Å². The number of amides is 1. The number of azo groups is 1. The molecule has 0 atom stereocenters. The Hall–Kier alpha value is -5.27. The number of hydrogen-bond acceptors (Lipinski definition) is 10. The van der Waals surface area contributed by atoms with E-state index in [1.54, 1.807) is 0 Å². The van der Waals surface area contributed by atoms with Crippen LogP contribution in [0, 0.1) is 0 Å². The summed E-state index contributed by atoms with van der Waals surface area (Å²) in [5.41, 5.74) is -2.53. The minimum Gasteiger partial charge on any atom is -0.510 e. The van der Waals surface area contributed by atoms with Crippen molar-refractivity contribution in [1.29, 1.82) is 0 Å². The van der Waals surface area contributed by atoms with Gasteiger partial charge in [-0.2, -0.15) is 0 Å². The maximum atomic E-state index is 12.9. The van der Waals surface area contributed by atoms with Crippen LogP contribution in [-0.4, -0.2) is 52.2 Å². The predicted octanol–water partition coefficient (Wildman–Crippen LogP) is 2.22. The van der Waals surface area contributed by atoms with E-state index in [9.17, 15) is 34.2 Å². The number of aliphatic hydroxyl groups is 1. The third kappa shape index (κ3) is 5.27. The number of ether oxygens (including phenoxy) is 2. The zero-order valence-corrected chi connectivity index (χ0v) is 19.0. The molecule has 0 aliphatic rings. The summed E-state index contributed by atoms with van der Waals surface area (Å²) in [5.74, 6) is -3.55. The number of aromatic amines is 2. The number of fused-ring (bicyclic) bond motifs is 1. The van der Waals surface area contributed by atoms with Crippen molar-refractivity contribution in [2.45, 2.75) is 6.92 Å². The number of carbonyl (C=O) groups excluding carboxylic acids is 2. The van der Waals surface area contributed by atoms with Gasteiger partial charge in [-0.3, -0.25) is 14.4 Å². The summed E-state index contributed by atoms with van der Waals surface area (Å²) in [6.45, 7) is 1.15. The van der Waals surface area contributed by atoms with Crippen LogP contribution in [0.3, 0.4) is 0 Å². The molecule has 2 aromatic carbocycles. The number of benzene rings is 2. The third-order valence-corrected chi connectivity index (χ3v) is 4.76. The molecule has 0 bridgehead atoms. The zero-order chi connectivity index (χ0) is 26.6. The van der Waals surface area contributed by atoms with Gasteiger partial charge in [0.15, 0.2) is 5.70 Å². The lowest BCUT2D eigenvalue weighted by molar-refractivity contribution is -0.113. The highest BCUT2D eigenvalue weighted by molar-refractivity contribution is 6.05. The van der Waals surface area contributed by atoms with Gasteiger partial charge in [-0.1, -0.05) is 0 Å². The molecule has 0 fully saturated rings. The molecule has 14 heteroatoms. The Kier molecular flexibility index (Phi) is 7.28. The van der Waals surface area contributed by atoms with Crippen molar-refractivity contribution < 1.29 is 34.1 Å². The van der Waals surface area contributed by atoms with Crippen LogP contribution in [-0.2, 0) is 9.53 Å². The molecule has 3 aromatic rings. The Balaban J connectivity index is 2.00. The number of allylic oxidation sites excluding steroid dienone is 1. The third-order valence-electron chi connectivity index (χ3n) is 4.76. The van der Waals surface area contributed by atoms with E-state index in [-0.39, 0.29) is 39.3 Å². The minimum atomic E-state index is -1.37. The molecule has 5 N–H and O–H groups in total. The number of methoxy groups -OCH3 is 2. The number of rotatable bonds is 7. The molecule has 1 aromatic heterocycles. The smallest absolute Gasteiger partial charge is 0.337 e. The fourth-order valence-electron chi connectivity index (χ4n) is 3.02. The highest BCUT2D eigenvalue weighted by Gasteiger charge is 2.19. The number of carboxylic acid groups (broad SMARTS) is 1. The first-order chi connectivity index (χ1) is 17.0. The molecule has 0 spiro atoms. The molecule has 0 saturated heterocycles. The molecule has 186 valence electrons. The van der Waals surface area contributed by atoms with Crippen molar-refractivity contribution >= 4 is 40.3 Å². The number of hydrogen-bond donors (Lipinski definition) is 5. The lowest BCUT2D eigenvalue weighted by Gasteiger charge is -2.12. The Morgan fingerprint density at radius 3 is 2.17 bits per heavy atom. The number of nitrogens with one attached hydrogen (secondary N) is 3. The lowest BCUT2D eigenvalue weighted by atomic mass is 10.1. The second kappa shape index (κ2) is 10.3. The van der Waals surface area contributed by atoms with Crippen LogP contribution in [0.15, 0.2) is 61.6 Å². The second-order valence-corrected chi connectivity index (χ2v) is 7.12. The van der Waals surface area contributed by atoms with Gasteiger partial charge in [-0.05, 0) is 31.2 Å². The van der Waals surface area contributed by atoms with Crippen LogP contribution in [0.25, 0.3) is 11.0 Å². The lowest BCUT2D eigenvalue weighted by Crippen LogP contribution is -2.29. The fourth-order valence-corrected chi connectivity index (χ4v) is 3.02. The van der Waals surface area contributed by atoms with Gasteiger partial charge in [0, 0.05) is 6.07 Å². The number of carbonyl (C=O) groups is 3. The molecule has 0 saturated carbocycles. The van der Waals surface area contributed by atoms with Gasteiger partial charge in [-0.15, -0.1) is 10.2 Å². The summed E-state index contributed by atoms with van der Waals surface area (Å²) in [6.07, 6.45) is 0. The Labute approximate surface area is 200 Å². The van der Waals surface area contributed by atoms with Crippen molar-refractivity contribution in [2.24, 2.45) is 10.2 Å². The standard InChI is InChI=1S/C22H19N5O9/c1-9(28)17(27-26-12-6-10(22(34)36-3)4-5-11(12)21(32)33)18(29)25-15-7-13-14(8-16(15)35-2)24-20(31)19(30)23-13/h4-8,28H,1-3H3,(H,23,30)(H,24,31)(H,25,29)(H,32,33). The maximum Gasteiger partial charge on any atom is 0.337 e. The molecule has 0 radical (unpaired) electrons. The van der Waals surface area contributed by atoms with Crippen LogP contribution in [0.2, 0.25) is 0 Å². The number of aromatic nitrogens is 2. The highest BCUT2D eigenvalue weighted by Crippen LogP contribution is 2.29. The van der Waals surface area contributed by atoms with E-state index in [0.717, 1.165) is 26.2 Å². The highest BCUT2D eigenvalue weighted by atomic mass is 16.5. The van der Waals surface area contributed by atoms with E-state index in [4.69, 9.17) is 4.74 Å². The van der Waals surface area contributed by atoms with E-state index in [2.05, 4.69) is 30.3 Å². The van der Waals surface area contributed by atoms with Crippen molar-refractivity contribution in [3.8, 4) is 5.75 Å². The number of esters is 1. The summed E-state index contributed by atoms with van der Waals surface area (Å²) in [7, 11) is 2.44. The van der Waals surface area contributed by atoms with Crippen molar-refractivity contribution in [2.75, 3.05) is 19.5 Å². The Bertz CT molecular complexity index is 1560. The normalized spacial score (nSPS) is 11.8. The van der Waals surface area contributed by atoms with E-state index in [1.807, 2.05) is 0 Å². The predicted molar refractivity (Wildman–Crippen MR) is 125 cm³/mol. The quantitative estimate of drug-likeness (QED) is 0.106. The number of nitrogens with zero attached hydrogens (tertiary/aromatic N) is 2. The molecular formula is C22H19N5O9. The first kappa shape index (κ1) is 25.4. The van der Waals surface area contributed by atoms with Crippen molar-refractivity contribution in [3.05, 3.63) is 73.6 Å². The van der Waals surface area contributed by atoms with E-state index in [1.165, 1.54) is 25.3 Å². The zero-order valence-electron chi connectivity index (χ0n) is 19.0. The number of aliphatic hydroxyl groups excluding tert-OH is 1. The summed E-state index contributed by atoms with van der Waals surface area (Å²) < 4.78 is 9.81. The summed E-state index contributed by atoms with van der Waals surface area (Å²) in [6, 6.07) is 6.11. The largest absolute Gasteiger partial charge is 0.510 e. The van der Waals surface area contributed by atoms with Crippen LogP contribution in [0.4, 0.5) is 11.4 Å². The van der Waals surface area contributed by atoms with Gasteiger partial charge >= 0.3 is 23.1 Å². The molecule has 14 nitrogen and oxygen atoms in total. The Morgan fingerprint density at radius 2 is 1.61 bits per heavy atom. The number of H-pyrrole nitrogens is 2. The van der Waals surface area contributed by atoms with Gasteiger partial charge < -0.3 is 35.0 Å². The molecule has 0 aliphatic heterocycles. The van der Waals surface area contributed by atoms with Gasteiger partial charge in [0.25, 0.3) is 5.91 Å². The second-order valence-electron chi connectivity index (χ2n) is 7.12. The van der Waals surface area contributed by atoms with Crippen LogP contribution >= 0.6 is 0 Å². The SMILES string of the molecule is COC(=O)c1ccc(C(=O)O)c(N=NC(C(=O)Nc2cc3[nH]c(=O)c(=O)[nH]c3cc2OC)=C(C)O)c1. The van der Waals surface area contributed by atoms with Crippen LogP contribution in [0.5, 0.6) is 5.75 Å². The van der Waals surface area contributed by atoms with Crippen LogP contribution < -0.4 is 21.2 Å². The van der Waals surface area contributed by atoms with Gasteiger partial charge in [0.2, 0.25) is 0 Å². The first-order valence-electron chi connectivity index (χ1n) is 9.98. The molecular weight excluding hydrogens is 478 g/mol. The molecule has 1 amide bonds.